The third kappa shape index (κ3) is 6.14. The van der Waals surface area contributed by atoms with E-state index in [1.54, 1.807) is 7.11 Å². The molecule has 2 atom stereocenters. The smallest absolute Gasteiger partial charge is 0.308 e. The van der Waals surface area contributed by atoms with Gasteiger partial charge in [0, 0.05) is 23.7 Å². The molecule has 0 amide bonds. The number of pyridine rings is 1. The highest BCUT2D eigenvalue weighted by Crippen LogP contribution is 2.30. The average molecular weight is 483 g/mol. The van der Waals surface area contributed by atoms with Crippen LogP contribution in [0.5, 0.6) is 5.75 Å². The van der Waals surface area contributed by atoms with Crippen LogP contribution in [0.1, 0.15) is 36.8 Å². The van der Waals surface area contributed by atoms with Crippen LogP contribution in [0.15, 0.2) is 48.7 Å². The number of carboxylic acid groups (broad SMARTS) is 1. The number of nitrogens with zero attached hydrogens (tertiary/aromatic N) is 2. The molecule has 2 aromatic carbocycles. The molecule has 186 valence electrons. The molecule has 1 aliphatic heterocycles. The van der Waals surface area contributed by atoms with Crippen LogP contribution < -0.4 is 4.74 Å². The molecule has 4 rings (SSSR count). The van der Waals surface area contributed by atoms with Gasteiger partial charge in [-0.2, -0.15) is 0 Å². The number of aliphatic carboxylic acids is 1. The van der Waals surface area contributed by atoms with Crippen LogP contribution in [0, 0.1) is 23.5 Å². The normalized spacial score (nSPS) is 18.6. The molecule has 1 aromatic heterocycles. The van der Waals surface area contributed by atoms with Crippen LogP contribution in [0.4, 0.5) is 8.78 Å². The van der Waals surface area contributed by atoms with Gasteiger partial charge >= 0.3 is 5.97 Å². The fourth-order valence-corrected chi connectivity index (χ4v) is 5.23. The predicted molar refractivity (Wildman–Crippen MR) is 132 cm³/mol. The highest BCUT2D eigenvalue weighted by atomic mass is 19.1. The first-order valence-electron chi connectivity index (χ1n) is 12.3. The van der Waals surface area contributed by atoms with Crippen molar-refractivity contribution in [1.29, 1.82) is 0 Å². The number of hydrogen-bond donors (Lipinski definition) is 1. The molecule has 7 heteroatoms. The minimum atomic E-state index is -0.765. The lowest BCUT2D eigenvalue weighted by molar-refractivity contribution is -0.146. The third-order valence-electron chi connectivity index (χ3n) is 7.18. The summed E-state index contributed by atoms with van der Waals surface area (Å²) in [7, 11) is 1.65. The number of carbonyl (C=O) groups is 1. The van der Waals surface area contributed by atoms with Crippen molar-refractivity contribution in [2.24, 2.45) is 11.8 Å². The molecular formula is C28H32F2N2O3. The summed E-state index contributed by atoms with van der Waals surface area (Å²) in [6.07, 6.45) is 6.13. The summed E-state index contributed by atoms with van der Waals surface area (Å²) < 4.78 is 33.1. The predicted octanol–water partition coefficient (Wildman–Crippen LogP) is 5.50. The zero-order valence-corrected chi connectivity index (χ0v) is 20.1. The van der Waals surface area contributed by atoms with E-state index in [1.807, 2.05) is 30.5 Å². The number of aromatic nitrogens is 1. The van der Waals surface area contributed by atoms with Crippen molar-refractivity contribution < 1.29 is 23.4 Å². The van der Waals surface area contributed by atoms with Gasteiger partial charge in [0.15, 0.2) is 0 Å². The monoisotopic (exact) mass is 482 g/mol. The van der Waals surface area contributed by atoms with Gasteiger partial charge in [0.05, 0.1) is 18.5 Å². The van der Waals surface area contributed by atoms with Crippen molar-refractivity contribution in [3.05, 3.63) is 71.4 Å². The maximum absolute atomic E-state index is 13.9. The van der Waals surface area contributed by atoms with Crippen LogP contribution in [0.3, 0.4) is 0 Å². The summed E-state index contributed by atoms with van der Waals surface area (Å²) in [5, 5.41) is 10.9. The van der Waals surface area contributed by atoms with Gasteiger partial charge < -0.3 is 14.7 Å². The first-order valence-corrected chi connectivity index (χ1v) is 12.3. The fraction of sp³-hybridized carbons (Fsp3) is 0.429. The number of fused-ring (bicyclic) bond motifs is 1. The second-order valence-corrected chi connectivity index (χ2v) is 9.34. The number of benzene rings is 2. The number of halogens is 2. The summed E-state index contributed by atoms with van der Waals surface area (Å²) in [5.74, 6) is -1.32. The molecule has 3 aromatic rings. The van der Waals surface area contributed by atoms with Crippen LogP contribution in [-0.4, -0.2) is 47.7 Å². The van der Waals surface area contributed by atoms with Crippen molar-refractivity contribution in [3.63, 3.8) is 0 Å². The van der Waals surface area contributed by atoms with E-state index in [-0.39, 0.29) is 11.5 Å². The molecule has 35 heavy (non-hydrogen) atoms. The molecule has 1 N–H and O–H groups in total. The van der Waals surface area contributed by atoms with Gasteiger partial charge in [-0.25, -0.2) is 8.78 Å². The van der Waals surface area contributed by atoms with Crippen LogP contribution in [0.2, 0.25) is 0 Å². The van der Waals surface area contributed by atoms with E-state index >= 15 is 0 Å². The minimum absolute atomic E-state index is 0.110. The standard InChI is InChI=1S/C28H32F2N2O3/c1-35-21-10-11-27-23(17-21)19(12-14-31-27)5-2-6-20-13-16-32(18-24(20)28(33)34)15-4-7-22-25(29)8-3-9-26(22)30/h3,8-12,14,17,20,24H,2,4-7,13,15-16,18H2,1H3,(H,33,34)/t20-,24+/m1/s1. The Morgan fingerprint density at radius 2 is 1.94 bits per heavy atom. The van der Waals surface area contributed by atoms with Crippen LogP contribution in [0.25, 0.3) is 10.9 Å². The van der Waals surface area contributed by atoms with E-state index in [1.165, 1.54) is 23.8 Å². The summed E-state index contributed by atoms with van der Waals surface area (Å²) >= 11 is 0. The SMILES string of the molecule is COc1ccc2nccc(CCC[C@@H]3CCN(CCCc4c(F)cccc4F)C[C@@H]3C(=O)O)c2c1. The number of likely N-dealkylation sites (tertiary alicyclic amines) is 1. The first-order chi connectivity index (χ1) is 17.0. The summed E-state index contributed by atoms with van der Waals surface area (Å²) in [6, 6.07) is 11.8. The Morgan fingerprint density at radius 1 is 1.14 bits per heavy atom. The topological polar surface area (TPSA) is 62.7 Å². The van der Waals surface area contributed by atoms with Gasteiger partial charge in [0.25, 0.3) is 0 Å². The minimum Gasteiger partial charge on any atom is -0.497 e. The van der Waals surface area contributed by atoms with Crippen molar-refractivity contribution >= 4 is 16.9 Å². The Morgan fingerprint density at radius 3 is 2.69 bits per heavy atom. The number of ether oxygens (including phenoxy) is 1. The largest absolute Gasteiger partial charge is 0.497 e. The Kier molecular flexibility index (Phi) is 8.29. The van der Waals surface area contributed by atoms with Gasteiger partial charge in [-0.05, 0) is 99.5 Å². The van der Waals surface area contributed by atoms with Crippen molar-refractivity contribution in [1.82, 2.24) is 9.88 Å². The summed E-state index contributed by atoms with van der Waals surface area (Å²) in [4.78, 5) is 18.6. The van der Waals surface area contributed by atoms with E-state index in [0.29, 0.717) is 25.9 Å². The maximum atomic E-state index is 13.9. The number of methoxy groups -OCH3 is 1. The van der Waals surface area contributed by atoms with Crippen molar-refractivity contribution in [2.45, 2.75) is 38.5 Å². The average Bonchev–Trinajstić information content (AvgIpc) is 2.86. The van der Waals surface area contributed by atoms with E-state index in [2.05, 4.69) is 9.88 Å². The Balaban J connectivity index is 1.30. The lowest BCUT2D eigenvalue weighted by Crippen LogP contribution is -2.44. The molecule has 0 bridgehead atoms. The molecule has 2 heterocycles. The molecule has 0 aliphatic carbocycles. The molecular weight excluding hydrogens is 450 g/mol. The number of piperidine rings is 1. The van der Waals surface area contributed by atoms with Crippen LogP contribution in [-0.2, 0) is 17.6 Å². The summed E-state index contributed by atoms with van der Waals surface area (Å²) in [5.41, 5.74) is 2.23. The van der Waals surface area contributed by atoms with Gasteiger partial charge in [0.1, 0.15) is 17.4 Å². The highest BCUT2D eigenvalue weighted by Gasteiger charge is 2.33. The molecule has 1 fully saturated rings. The van der Waals surface area contributed by atoms with Gasteiger partial charge in [-0.15, -0.1) is 0 Å². The third-order valence-corrected chi connectivity index (χ3v) is 7.18. The summed E-state index contributed by atoms with van der Waals surface area (Å²) in [6.45, 7) is 1.92. The Bertz CT molecular complexity index is 1150. The highest BCUT2D eigenvalue weighted by molar-refractivity contribution is 5.83. The molecule has 5 nitrogen and oxygen atoms in total. The number of aryl methyl sites for hydroxylation is 1. The van der Waals surface area contributed by atoms with E-state index in [9.17, 15) is 18.7 Å². The number of hydrogen-bond acceptors (Lipinski definition) is 4. The fourth-order valence-electron chi connectivity index (χ4n) is 5.23. The second-order valence-electron chi connectivity index (χ2n) is 9.34. The van der Waals surface area contributed by atoms with Crippen molar-refractivity contribution in [2.75, 3.05) is 26.7 Å². The van der Waals surface area contributed by atoms with E-state index < -0.39 is 23.5 Å². The molecule has 0 spiro atoms. The van der Waals surface area contributed by atoms with E-state index in [0.717, 1.165) is 48.9 Å². The molecule has 1 aliphatic rings. The lowest BCUT2D eigenvalue weighted by Gasteiger charge is -2.36. The quantitative estimate of drug-likeness (QED) is 0.414. The maximum Gasteiger partial charge on any atom is 0.308 e. The van der Waals surface area contributed by atoms with Gasteiger partial charge in [0.2, 0.25) is 0 Å². The molecule has 0 saturated carbocycles. The second kappa shape index (κ2) is 11.6. The molecule has 1 saturated heterocycles. The van der Waals surface area contributed by atoms with Crippen LogP contribution >= 0.6 is 0 Å². The Labute approximate surface area is 204 Å². The zero-order chi connectivity index (χ0) is 24.8. The zero-order valence-electron chi connectivity index (χ0n) is 20.1. The van der Waals surface area contributed by atoms with Gasteiger partial charge in [-0.3, -0.25) is 9.78 Å². The molecule has 0 radical (unpaired) electrons. The van der Waals surface area contributed by atoms with Crippen molar-refractivity contribution in [3.8, 4) is 5.75 Å². The number of carboxylic acids is 1. The first kappa shape index (κ1) is 25.0. The van der Waals surface area contributed by atoms with E-state index in [4.69, 9.17) is 4.74 Å². The molecule has 0 unspecified atom stereocenters. The Hall–Kier alpha value is -3.06. The van der Waals surface area contributed by atoms with Gasteiger partial charge in [-0.1, -0.05) is 6.07 Å². The lowest BCUT2D eigenvalue weighted by atomic mass is 9.81. The number of rotatable bonds is 10.